The van der Waals surface area contributed by atoms with E-state index in [4.69, 9.17) is 10.5 Å². The van der Waals surface area contributed by atoms with Crippen LogP contribution in [0.1, 0.15) is 6.92 Å². The molecule has 0 spiro atoms. The molecule has 1 aliphatic rings. The summed E-state index contributed by atoms with van der Waals surface area (Å²) in [6.07, 6.45) is 1.74. The van der Waals surface area contributed by atoms with E-state index in [1.165, 1.54) is 11.8 Å². The first-order valence-corrected chi connectivity index (χ1v) is 7.04. The molecule has 18 heavy (non-hydrogen) atoms. The first-order valence-electron chi connectivity index (χ1n) is 5.81. The third-order valence-corrected chi connectivity index (χ3v) is 3.45. The molecule has 2 heterocycles. The topological polar surface area (TPSA) is 84.5 Å². The molecule has 0 amide bonds. The third kappa shape index (κ3) is 2.85. The Bertz CT molecular complexity index is 418. The lowest BCUT2D eigenvalue weighted by Gasteiger charge is -2.38. The molecule has 2 rings (SSSR count). The number of ether oxygens (including phenoxy) is 1. The summed E-state index contributed by atoms with van der Waals surface area (Å²) in [6.45, 7) is 3.26. The number of nitrogen functional groups attached to an aromatic ring is 1. The third-order valence-electron chi connectivity index (χ3n) is 2.90. The fourth-order valence-corrected chi connectivity index (χ4v) is 2.30. The van der Waals surface area contributed by atoms with Gasteiger partial charge in [0.25, 0.3) is 0 Å². The second-order valence-electron chi connectivity index (χ2n) is 4.28. The summed E-state index contributed by atoms with van der Waals surface area (Å²) in [5.41, 5.74) is 5.78. The van der Waals surface area contributed by atoms with Crippen LogP contribution in [-0.2, 0) is 4.74 Å². The summed E-state index contributed by atoms with van der Waals surface area (Å²) in [5, 5.41) is 9.84. The smallest absolute Gasteiger partial charge is 0.191 e. The molecule has 7 heteroatoms. The summed E-state index contributed by atoms with van der Waals surface area (Å²) in [6, 6.07) is 1.97. The van der Waals surface area contributed by atoms with Crippen LogP contribution >= 0.6 is 11.8 Å². The number of aliphatic hydroxyl groups is 1. The number of aliphatic hydroxyl groups excluding tert-OH is 1. The molecule has 1 saturated heterocycles. The van der Waals surface area contributed by atoms with Crippen LogP contribution in [0.3, 0.4) is 0 Å². The maximum absolute atomic E-state index is 9.18. The zero-order valence-corrected chi connectivity index (χ0v) is 11.4. The molecular formula is C11H18N4O2S. The van der Waals surface area contributed by atoms with Gasteiger partial charge in [-0.15, -0.1) is 0 Å². The van der Waals surface area contributed by atoms with Crippen LogP contribution in [0, 0.1) is 0 Å². The Labute approximate surface area is 111 Å². The van der Waals surface area contributed by atoms with Crippen molar-refractivity contribution in [1.82, 2.24) is 9.97 Å². The maximum Gasteiger partial charge on any atom is 0.191 e. The quantitative estimate of drug-likeness (QED) is 0.606. The van der Waals surface area contributed by atoms with Gasteiger partial charge in [0.2, 0.25) is 0 Å². The van der Waals surface area contributed by atoms with E-state index in [1.807, 2.05) is 6.26 Å². The van der Waals surface area contributed by atoms with Gasteiger partial charge >= 0.3 is 0 Å². The minimum Gasteiger partial charge on any atom is -0.394 e. The van der Waals surface area contributed by atoms with Gasteiger partial charge in [-0.2, -0.15) is 0 Å². The fraction of sp³-hybridized carbons (Fsp3) is 0.636. The molecule has 1 fully saturated rings. The number of aromatic nitrogens is 2. The van der Waals surface area contributed by atoms with Gasteiger partial charge in [0.15, 0.2) is 5.16 Å². The second kappa shape index (κ2) is 5.73. The first-order chi connectivity index (χ1) is 8.63. The van der Waals surface area contributed by atoms with Crippen LogP contribution < -0.4 is 10.6 Å². The number of morpholine rings is 1. The average Bonchev–Trinajstić information content (AvgIpc) is 2.38. The SMILES string of the molecule is CSc1nc(N)cc(N2CC(CO)OCC2C)n1. The molecule has 0 aromatic carbocycles. The Kier molecular flexibility index (Phi) is 4.26. The Morgan fingerprint density at radius 2 is 2.39 bits per heavy atom. The van der Waals surface area contributed by atoms with Crippen molar-refractivity contribution < 1.29 is 9.84 Å². The lowest BCUT2D eigenvalue weighted by atomic mass is 10.2. The summed E-state index contributed by atoms with van der Waals surface area (Å²) in [5.74, 6) is 1.25. The van der Waals surface area contributed by atoms with Crippen LogP contribution in [0.25, 0.3) is 0 Å². The van der Waals surface area contributed by atoms with Crippen molar-refractivity contribution >= 4 is 23.4 Å². The molecule has 1 aromatic rings. The second-order valence-corrected chi connectivity index (χ2v) is 5.05. The van der Waals surface area contributed by atoms with E-state index in [9.17, 15) is 5.11 Å². The van der Waals surface area contributed by atoms with Crippen LogP contribution in [0.2, 0.25) is 0 Å². The predicted molar refractivity (Wildman–Crippen MR) is 71.9 cm³/mol. The highest BCUT2D eigenvalue weighted by molar-refractivity contribution is 7.98. The molecule has 1 aliphatic heterocycles. The van der Waals surface area contributed by atoms with Gasteiger partial charge < -0.3 is 20.5 Å². The number of anilines is 2. The zero-order valence-electron chi connectivity index (χ0n) is 10.5. The number of nitrogens with two attached hydrogens (primary N) is 1. The largest absolute Gasteiger partial charge is 0.394 e. The van der Waals surface area contributed by atoms with Crippen molar-refractivity contribution in [2.75, 3.05) is 36.6 Å². The van der Waals surface area contributed by atoms with Crippen LogP contribution in [0.4, 0.5) is 11.6 Å². The number of rotatable bonds is 3. The molecule has 0 aliphatic carbocycles. The van der Waals surface area contributed by atoms with E-state index in [1.54, 1.807) is 6.07 Å². The molecule has 2 atom stereocenters. The minimum absolute atomic E-state index is 0.0131. The van der Waals surface area contributed by atoms with Crippen molar-refractivity contribution in [2.24, 2.45) is 0 Å². The van der Waals surface area contributed by atoms with E-state index < -0.39 is 0 Å². The van der Waals surface area contributed by atoms with E-state index in [-0.39, 0.29) is 18.8 Å². The zero-order chi connectivity index (χ0) is 13.1. The molecule has 0 saturated carbocycles. The van der Waals surface area contributed by atoms with Crippen molar-refractivity contribution in [3.63, 3.8) is 0 Å². The van der Waals surface area contributed by atoms with E-state index in [2.05, 4.69) is 21.8 Å². The van der Waals surface area contributed by atoms with Crippen LogP contribution in [0.5, 0.6) is 0 Å². The summed E-state index contributed by atoms with van der Waals surface area (Å²) in [4.78, 5) is 10.7. The van der Waals surface area contributed by atoms with Crippen molar-refractivity contribution in [2.45, 2.75) is 24.2 Å². The Morgan fingerprint density at radius 1 is 1.61 bits per heavy atom. The van der Waals surface area contributed by atoms with Gasteiger partial charge in [0.05, 0.1) is 25.4 Å². The number of hydrogen-bond donors (Lipinski definition) is 2. The molecular weight excluding hydrogens is 252 g/mol. The monoisotopic (exact) mass is 270 g/mol. The van der Waals surface area contributed by atoms with Crippen molar-refractivity contribution in [3.05, 3.63) is 6.07 Å². The Hall–Kier alpha value is -1.05. The highest BCUT2D eigenvalue weighted by Crippen LogP contribution is 2.23. The normalized spacial score (nSPS) is 24.3. The van der Waals surface area contributed by atoms with Gasteiger partial charge in [-0.3, -0.25) is 0 Å². The number of hydrogen-bond acceptors (Lipinski definition) is 7. The molecule has 0 radical (unpaired) electrons. The van der Waals surface area contributed by atoms with Crippen molar-refractivity contribution in [1.29, 1.82) is 0 Å². The molecule has 0 bridgehead atoms. The molecule has 3 N–H and O–H groups in total. The number of thioether (sulfide) groups is 1. The molecule has 6 nitrogen and oxygen atoms in total. The Morgan fingerprint density at radius 3 is 3.06 bits per heavy atom. The van der Waals surface area contributed by atoms with Gasteiger partial charge in [-0.25, -0.2) is 9.97 Å². The highest BCUT2D eigenvalue weighted by Gasteiger charge is 2.27. The maximum atomic E-state index is 9.18. The van der Waals surface area contributed by atoms with E-state index in [0.717, 1.165) is 5.82 Å². The fourth-order valence-electron chi connectivity index (χ4n) is 1.92. The lowest BCUT2D eigenvalue weighted by Crippen LogP contribution is -2.50. The van der Waals surface area contributed by atoms with Gasteiger partial charge in [0.1, 0.15) is 11.6 Å². The molecule has 100 valence electrons. The van der Waals surface area contributed by atoms with Gasteiger partial charge in [-0.1, -0.05) is 11.8 Å². The molecule has 1 aromatic heterocycles. The van der Waals surface area contributed by atoms with E-state index in [0.29, 0.717) is 24.1 Å². The van der Waals surface area contributed by atoms with Crippen molar-refractivity contribution in [3.8, 4) is 0 Å². The predicted octanol–water partition coefficient (Wildman–Crippen LogP) is 0.367. The van der Waals surface area contributed by atoms with Gasteiger partial charge in [-0.05, 0) is 13.2 Å². The Balaban J connectivity index is 2.25. The van der Waals surface area contributed by atoms with Crippen LogP contribution in [-0.4, -0.2) is 53.2 Å². The van der Waals surface area contributed by atoms with Gasteiger partial charge in [0, 0.05) is 12.6 Å². The standard InChI is InChI=1S/C11H18N4O2S/c1-7-6-17-8(5-16)4-15(7)10-3-9(12)13-11(14-10)18-2/h3,7-8,16H,4-6H2,1-2H3,(H2,12,13,14). The molecule has 2 unspecified atom stereocenters. The van der Waals surface area contributed by atoms with Crippen LogP contribution in [0.15, 0.2) is 11.2 Å². The number of nitrogens with zero attached hydrogens (tertiary/aromatic N) is 3. The lowest BCUT2D eigenvalue weighted by molar-refractivity contribution is -0.0106. The summed E-state index contributed by atoms with van der Waals surface area (Å²) >= 11 is 1.46. The highest BCUT2D eigenvalue weighted by atomic mass is 32.2. The minimum atomic E-state index is -0.171. The first kappa shape index (κ1) is 13.4. The van der Waals surface area contributed by atoms with E-state index >= 15 is 0 Å². The summed E-state index contributed by atoms with van der Waals surface area (Å²) in [7, 11) is 0. The summed E-state index contributed by atoms with van der Waals surface area (Å²) < 4.78 is 5.51. The average molecular weight is 270 g/mol.